The van der Waals surface area contributed by atoms with E-state index >= 15 is 0 Å². The zero-order chi connectivity index (χ0) is 27.8. The van der Waals surface area contributed by atoms with Crippen molar-refractivity contribution in [1.29, 1.82) is 0 Å². The number of alkyl carbamates (subject to hydrolysis) is 2. The van der Waals surface area contributed by atoms with E-state index in [1.54, 1.807) is 25.0 Å². The molecule has 2 amide bonds. The maximum Gasteiger partial charge on any atom is 0.414 e. The molecule has 0 radical (unpaired) electrons. The molecule has 0 aliphatic heterocycles. The van der Waals surface area contributed by atoms with E-state index in [9.17, 15) is 9.59 Å². The number of hydrogen-bond acceptors (Lipinski definition) is 8. The Labute approximate surface area is 209 Å². The van der Waals surface area contributed by atoms with Gasteiger partial charge in [0, 0.05) is 49.7 Å². The van der Waals surface area contributed by atoms with Gasteiger partial charge < -0.3 is 40.3 Å². The molecule has 0 spiro atoms. The number of H-pyrrole nitrogens is 2. The number of aromatic amines is 2. The van der Waals surface area contributed by atoms with Crippen molar-refractivity contribution >= 4 is 24.1 Å². The summed E-state index contributed by atoms with van der Waals surface area (Å²) in [7, 11) is 0. The molecule has 0 fully saturated rings. The molecule has 2 rings (SSSR count). The Bertz CT molecular complexity index is 839. The van der Waals surface area contributed by atoms with Crippen molar-refractivity contribution in [1.82, 2.24) is 30.6 Å². The van der Waals surface area contributed by atoms with Crippen molar-refractivity contribution in [2.45, 2.75) is 65.6 Å². The van der Waals surface area contributed by atoms with Crippen molar-refractivity contribution in [3.63, 3.8) is 0 Å². The molecule has 0 aliphatic rings. The normalized spacial score (nSPS) is 10.5. The molecule has 14 nitrogen and oxygen atoms in total. The number of carboxylic acids is 2. The topological polar surface area (TPSA) is 209 Å². The highest BCUT2D eigenvalue weighted by Gasteiger charge is 2.16. The van der Waals surface area contributed by atoms with Gasteiger partial charge in [-0.15, -0.1) is 0 Å². The second kappa shape index (κ2) is 15.7. The standard InChI is InChI=1S/2C10H17N3O2.C2H2O4/c2*1-10(2,3)15-9(14)12-5-4-8-6-11-7-13-8;3-1(4)2(5)6/h2*6-7H,4-5H2,1-3H3,(H,11,13)(H,12,14);(H,3,4)(H,5,6). The van der Waals surface area contributed by atoms with E-state index < -0.39 is 23.1 Å². The number of carbonyl (C=O) groups excluding carboxylic acids is 2. The zero-order valence-corrected chi connectivity index (χ0v) is 21.4. The van der Waals surface area contributed by atoms with Crippen LogP contribution in [0.2, 0.25) is 0 Å². The van der Waals surface area contributed by atoms with Gasteiger partial charge in [-0.3, -0.25) is 0 Å². The lowest BCUT2D eigenvalue weighted by Crippen LogP contribution is -2.33. The quantitative estimate of drug-likeness (QED) is 0.310. The summed E-state index contributed by atoms with van der Waals surface area (Å²) in [6, 6.07) is 0. The molecule has 0 bridgehead atoms. The molecule has 202 valence electrons. The van der Waals surface area contributed by atoms with Gasteiger partial charge in [-0.25, -0.2) is 29.1 Å². The number of imidazole rings is 2. The molecule has 2 heterocycles. The molecule has 0 aromatic carbocycles. The van der Waals surface area contributed by atoms with Crippen molar-refractivity contribution in [2.24, 2.45) is 0 Å². The van der Waals surface area contributed by atoms with E-state index in [0.29, 0.717) is 13.1 Å². The first-order chi connectivity index (χ1) is 16.6. The number of carboxylic acid groups (broad SMARTS) is 2. The number of nitrogens with one attached hydrogen (secondary N) is 4. The highest BCUT2D eigenvalue weighted by atomic mass is 16.6. The van der Waals surface area contributed by atoms with Gasteiger partial charge >= 0.3 is 24.1 Å². The van der Waals surface area contributed by atoms with Crippen LogP contribution in [0.4, 0.5) is 9.59 Å². The smallest absolute Gasteiger partial charge is 0.414 e. The monoisotopic (exact) mass is 512 g/mol. The van der Waals surface area contributed by atoms with Crippen LogP contribution in [0.15, 0.2) is 25.0 Å². The molecule has 14 heteroatoms. The van der Waals surface area contributed by atoms with E-state index in [0.717, 1.165) is 24.2 Å². The molecular weight excluding hydrogens is 476 g/mol. The van der Waals surface area contributed by atoms with E-state index in [1.165, 1.54) is 0 Å². The Kier molecular flexibility index (Phi) is 13.9. The Morgan fingerprint density at radius 1 is 0.750 bits per heavy atom. The summed E-state index contributed by atoms with van der Waals surface area (Å²) in [5.41, 5.74) is 1.09. The van der Waals surface area contributed by atoms with Crippen molar-refractivity contribution in [3.05, 3.63) is 36.4 Å². The minimum atomic E-state index is -1.82. The van der Waals surface area contributed by atoms with Gasteiger partial charge in [0.1, 0.15) is 11.2 Å². The fourth-order valence-corrected chi connectivity index (χ4v) is 2.07. The van der Waals surface area contributed by atoms with E-state index in [2.05, 4.69) is 30.6 Å². The average Bonchev–Trinajstić information content (AvgIpc) is 3.40. The Morgan fingerprint density at radius 2 is 1.08 bits per heavy atom. The first kappa shape index (κ1) is 31.9. The molecule has 0 saturated carbocycles. The first-order valence-corrected chi connectivity index (χ1v) is 10.9. The van der Waals surface area contributed by atoms with Gasteiger partial charge in [-0.1, -0.05) is 0 Å². The van der Waals surface area contributed by atoms with Gasteiger partial charge in [0.2, 0.25) is 0 Å². The Balaban J connectivity index is 0.000000558. The van der Waals surface area contributed by atoms with Crippen LogP contribution in [0, 0.1) is 0 Å². The number of ether oxygens (including phenoxy) is 2. The lowest BCUT2D eigenvalue weighted by Gasteiger charge is -2.19. The lowest BCUT2D eigenvalue weighted by molar-refractivity contribution is -0.159. The summed E-state index contributed by atoms with van der Waals surface area (Å²) in [6.07, 6.45) is 7.36. The van der Waals surface area contributed by atoms with E-state index in [-0.39, 0.29) is 12.2 Å². The lowest BCUT2D eigenvalue weighted by atomic mass is 10.2. The van der Waals surface area contributed by atoms with Crippen molar-refractivity contribution in [3.8, 4) is 0 Å². The Hall–Kier alpha value is -4.10. The van der Waals surface area contributed by atoms with Crippen LogP contribution < -0.4 is 10.6 Å². The molecule has 6 N–H and O–H groups in total. The summed E-state index contributed by atoms with van der Waals surface area (Å²) in [4.78, 5) is 54.3. The predicted octanol–water partition coefficient (Wildman–Crippen LogP) is 2.11. The summed E-state index contributed by atoms with van der Waals surface area (Å²) in [6.45, 7) is 12.1. The minimum absolute atomic E-state index is 0.387. The molecule has 36 heavy (non-hydrogen) atoms. The molecule has 2 aromatic rings. The Morgan fingerprint density at radius 3 is 1.31 bits per heavy atom. The van der Waals surface area contributed by atoms with Crippen LogP contribution in [0.25, 0.3) is 0 Å². The van der Waals surface area contributed by atoms with Crippen LogP contribution in [0.5, 0.6) is 0 Å². The van der Waals surface area contributed by atoms with Crippen LogP contribution in [0.1, 0.15) is 52.9 Å². The molecule has 2 aromatic heterocycles. The third kappa shape index (κ3) is 19.4. The number of rotatable bonds is 6. The number of nitrogens with zero attached hydrogens (tertiary/aromatic N) is 2. The number of aliphatic carboxylic acids is 2. The summed E-state index contributed by atoms with van der Waals surface area (Å²) >= 11 is 0. The van der Waals surface area contributed by atoms with Crippen molar-refractivity contribution < 1.29 is 38.9 Å². The third-order valence-electron chi connectivity index (χ3n) is 3.42. The fourth-order valence-electron chi connectivity index (χ4n) is 2.07. The maximum absolute atomic E-state index is 11.2. The molecule has 0 unspecified atom stereocenters. The number of carbonyl (C=O) groups is 4. The minimum Gasteiger partial charge on any atom is -0.473 e. The summed E-state index contributed by atoms with van der Waals surface area (Å²) in [5.74, 6) is -3.65. The predicted molar refractivity (Wildman–Crippen MR) is 128 cm³/mol. The van der Waals surface area contributed by atoms with Gasteiger partial charge in [-0.05, 0) is 41.5 Å². The largest absolute Gasteiger partial charge is 0.473 e. The number of hydrogen-bond donors (Lipinski definition) is 6. The van der Waals surface area contributed by atoms with Crippen LogP contribution in [-0.2, 0) is 31.9 Å². The van der Waals surface area contributed by atoms with Gasteiger partial charge in [-0.2, -0.15) is 0 Å². The average molecular weight is 513 g/mol. The van der Waals surface area contributed by atoms with Crippen LogP contribution in [0.3, 0.4) is 0 Å². The highest BCUT2D eigenvalue weighted by Crippen LogP contribution is 2.07. The number of aromatic nitrogens is 4. The molecule has 0 atom stereocenters. The summed E-state index contributed by atoms with van der Waals surface area (Å²) < 4.78 is 10.2. The van der Waals surface area contributed by atoms with Crippen LogP contribution in [-0.4, -0.2) is 78.6 Å². The third-order valence-corrected chi connectivity index (χ3v) is 3.42. The molecule has 0 aliphatic carbocycles. The second-order valence-corrected chi connectivity index (χ2v) is 9.12. The number of amides is 2. The molecule has 0 saturated heterocycles. The van der Waals surface area contributed by atoms with Gasteiger partial charge in [0.15, 0.2) is 0 Å². The zero-order valence-electron chi connectivity index (χ0n) is 21.4. The van der Waals surface area contributed by atoms with Gasteiger partial charge in [0.05, 0.1) is 12.7 Å². The fraction of sp³-hybridized carbons (Fsp3) is 0.545. The first-order valence-electron chi connectivity index (χ1n) is 10.9. The van der Waals surface area contributed by atoms with Crippen molar-refractivity contribution in [2.75, 3.05) is 13.1 Å². The SMILES string of the molecule is CC(C)(C)OC(=O)NCCc1cnc[nH]1.CC(C)(C)OC(=O)NCCc1cnc[nH]1.O=C(O)C(=O)O. The molecular formula is C22H36N6O8. The maximum atomic E-state index is 11.2. The van der Waals surface area contributed by atoms with E-state index in [1.807, 2.05) is 41.5 Å². The highest BCUT2D eigenvalue weighted by molar-refractivity contribution is 6.27. The van der Waals surface area contributed by atoms with Crippen LogP contribution >= 0.6 is 0 Å². The van der Waals surface area contributed by atoms with E-state index in [4.69, 9.17) is 29.3 Å². The summed E-state index contributed by atoms with van der Waals surface area (Å²) in [5, 5.41) is 20.1. The van der Waals surface area contributed by atoms with Gasteiger partial charge in [0.25, 0.3) is 0 Å². The second-order valence-electron chi connectivity index (χ2n) is 9.12.